The number of carbonyl (C=O) groups excluding carboxylic acids is 2. The van der Waals surface area contributed by atoms with E-state index in [9.17, 15) is 9.59 Å². The van der Waals surface area contributed by atoms with Gasteiger partial charge in [-0.25, -0.2) is 4.79 Å². The third kappa shape index (κ3) is 4.34. The summed E-state index contributed by atoms with van der Waals surface area (Å²) in [6, 6.07) is 8.98. The summed E-state index contributed by atoms with van der Waals surface area (Å²) in [6.07, 6.45) is 1.23. The van der Waals surface area contributed by atoms with E-state index in [-0.39, 0.29) is 17.2 Å². The molecule has 0 unspecified atom stereocenters. The summed E-state index contributed by atoms with van der Waals surface area (Å²) in [5.74, 6) is 1.76. The second-order valence-corrected chi connectivity index (χ2v) is 9.33. The minimum absolute atomic E-state index is 0.155. The molecule has 2 amide bonds. The van der Waals surface area contributed by atoms with Gasteiger partial charge in [0.1, 0.15) is 0 Å². The number of nitrogens with zero attached hydrogens (tertiary/aromatic N) is 1. The van der Waals surface area contributed by atoms with Gasteiger partial charge in [-0.2, -0.15) is 0 Å². The Balaban J connectivity index is 1.59. The fourth-order valence-corrected chi connectivity index (χ4v) is 4.61. The molecule has 0 bridgehead atoms. The highest BCUT2D eigenvalue weighted by molar-refractivity contribution is 5.80. The molecular weight excluding hydrogens is 352 g/mol. The molecule has 28 heavy (non-hydrogen) atoms. The summed E-state index contributed by atoms with van der Waals surface area (Å²) in [5, 5.41) is 2.69. The first kappa shape index (κ1) is 20.7. The Bertz CT molecular complexity index is 713. The van der Waals surface area contributed by atoms with E-state index >= 15 is 0 Å². The fraction of sp³-hybridized carbons (Fsp3) is 0.652. The molecule has 0 spiro atoms. The van der Waals surface area contributed by atoms with Gasteiger partial charge in [0.25, 0.3) is 0 Å². The monoisotopic (exact) mass is 386 g/mol. The van der Waals surface area contributed by atoms with Crippen LogP contribution in [0.15, 0.2) is 24.3 Å². The van der Waals surface area contributed by atoms with Crippen molar-refractivity contribution in [1.29, 1.82) is 0 Å². The Morgan fingerprint density at radius 3 is 2.50 bits per heavy atom. The lowest BCUT2D eigenvalue weighted by atomic mass is 9.85. The van der Waals surface area contributed by atoms with Crippen LogP contribution < -0.4 is 5.32 Å². The number of carbonyl (C=O) groups is 2. The molecule has 1 N–H and O–H groups in total. The van der Waals surface area contributed by atoms with E-state index in [2.05, 4.69) is 62.0 Å². The minimum Gasteiger partial charge on any atom is -0.453 e. The Morgan fingerprint density at radius 2 is 1.93 bits per heavy atom. The van der Waals surface area contributed by atoms with Gasteiger partial charge in [-0.05, 0) is 40.7 Å². The van der Waals surface area contributed by atoms with Gasteiger partial charge in [-0.1, -0.05) is 58.4 Å². The Labute approximate surface area is 168 Å². The van der Waals surface area contributed by atoms with Crippen LogP contribution in [0.5, 0.6) is 0 Å². The zero-order valence-corrected chi connectivity index (χ0v) is 17.8. The van der Waals surface area contributed by atoms with Gasteiger partial charge in [-0.15, -0.1) is 0 Å². The summed E-state index contributed by atoms with van der Waals surface area (Å²) < 4.78 is 4.63. The van der Waals surface area contributed by atoms with Crippen LogP contribution in [-0.4, -0.2) is 43.6 Å². The number of piperidine rings is 1. The first-order valence-corrected chi connectivity index (χ1v) is 10.5. The molecule has 1 aliphatic carbocycles. The largest absolute Gasteiger partial charge is 0.453 e. The highest BCUT2D eigenvalue weighted by Crippen LogP contribution is 2.58. The molecule has 2 aliphatic rings. The number of benzene rings is 1. The van der Waals surface area contributed by atoms with Crippen LogP contribution >= 0.6 is 0 Å². The van der Waals surface area contributed by atoms with E-state index < -0.39 is 6.09 Å². The molecule has 1 saturated carbocycles. The van der Waals surface area contributed by atoms with Crippen LogP contribution in [0, 0.1) is 17.8 Å². The van der Waals surface area contributed by atoms with Gasteiger partial charge in [0.15, 0.2) is 0 Å². The van der Waals surface area contributed by atoms with Crippen molar-refractivity contribution >= 4 is 12.0 Å². The van der Waals surface area contributed by atoms with Crippen LogP contribution in [0.2, 0.25) is 0 Å². The van der Waals surface area contributed by atoms with E-state index in [1.54, 1.807) is 0 Å². The number of alkyl carbamates (subject to hydrolysis) is 1. The van der Waals surface area contributed by atoms with Crippen molar-refractivity contribution in [2.45, 2.75) is 51.9 Å². The van der Waals surface area contributed by atoms with E-state index in [0.29, 0.717) is 24.3 Å². The Morgan fingerprint density at radius 1 is 1.25 bits per heavy atom. The molecule has 4 atom stereocenters. The zero-order chi connectivity index (χ0) is 20.5. The van der Waals surface area contributed by atoms with E-state index in [1.807, 2.05) is 4.90 Å². The lowest BCUT2D eigenvalue weighted by Crippen LogP contribution is -2.41. The molecule has 2 fully saturated rings. The third-order valence-electron chi connectivity index (χ3n) is 6.31. The third-order valence-corrected chi connectivity index (χ3v) is 6.31. The molecule has 3 rings (SSSR count). The summed E-state index contributed by atoms with van der Waals surface area (Å²) in [6.45, 7) is 10.8. The molecule has 1 saturated heterocycles. The molecule has 154 valence electrons. The van der Waals surface area contributed by atoms with Crippen LogP contribution in [0.25, 0.3) is 0 Å². The molecule has 0 aromatic heterocycles. The van der Waals surface area contributed by atoms with Crippen LogP contribution in [0.3, 0.4) is 0 Å². The lowest BCUT2D eigenvalue weighted by molar-refractivity contribution is -0.135. The van der Waals surface area contributed by atoms with E-state index in [4.69, 9.17) is 0 Å². The van der Waals surface area contributed by atoms with Gasteiger partial charge >= 0.3 is 6.09 Å². The average Bonchev–Trinajstić information content (AvgIpc) is 3.17. The van der Waals surface area contributed by atoms with E-state index in [1.165, 1.54) is 18.2 Å². The molecule has 1 aromatic carbocycles. The Hall–Kier alpha value is -2.04. The van der Waals surface area contributed by atoms with Crippen molar-refractivity contribution < 1.29 is 14.3 Å². The minimum atomic E-state index is -0.475. The number of hydrogen-bond donors (Lipinski definition) is 1. The van der Waals surface area contributed by atoms with Crippen LogP contribution in [0.4, 0.5) is 4.79 Å². The quantitative estimate of drug-likeness (QED) is 0.806. The zero-order valence-electron chi connectivity index (χ0n) is 17.8. The maximum Gasteiger partial charge on any atom is 0.406 e. The predicted molar refractivity (Wildman–Crippen MR) is 110 cm³/mol. The number of nitrogens with one attached hydrogen (secondary N) is 1. The maximum absolute atomic E-state index is 13.0. The first-order valence-electron chi connectivity index (χ1n) is 10.5. The SMILES string of the molecule is CCC[C@H](CNC(=O)OC)C(=O)N1C[C@@H]2[C@H](C1)[C@H]2c1cccc(C(C)(C)C)c1. The standard InChI is InChI=1S/C23H34N2O3/c1-6-8-16(12-24-22(27)28-5)21(26)25-13-18-19(14-25)20(18)15-9-7-10-17(11-15)23(2,3)4/h7,9-11,16,18-20H,6,8,12-14H2,1-5H3,(H,24,27)/t16-,18-,19+,20+/m1/s1. The smallest absolute Gasteiger partial charge is 0.406 e. The topological polar surface area (TPSA) is 58.6 Å². The number of ether oxygens (including phenoxy) is 1. The van der Waals surface area contributed by atoms with Crippen molar-refractivity contribution in [2.75, 3.05) is 26.7 Å². The highest BCUT2D eigenvalue weighted by Gasteiger charge is 2.57. The molecule has 1 heterocycles. The molecule has 0 radical (unpaired) electrons. The van der Waals surface area contributed by atoms with Crippen molar-refractivity contribution in [3.63, 3.8) is 0 Å². The van der Waals surface area contributed by atoms with Crippen molar-refractivity contribution in [3.05, 3.63) is 35.4 Å². The fourth-order valence-electron chi connectivity index (χ4n) is 4.61. The second-order valence-electron chi connectivity index (χ2n) is 9.33. The number of hydrogen-bond acceptors (Lipinski definition) is 3. The second kappa shape index (κ2) is 8.14. The number of methoxy groups -OCH3 is 1. The van der Waals surface area contributed by atoms with Gasteiger partial charge in [0.05, 0.1) is 13.0 Å². The molecule has 1 aromatic rings. The summed E-state index contributed by atoms with van der Waals surface area (Å²) >= 11 is 0. The van der Waals surface area contributed by atoms with Crippen molar-refractivity contribution in [1.82, 2.24) is 10.2 Å². The first-order chi connectivity index (χ1) is 13.3. The number of rotatable bonds is 6. The van der Waals surface area contributed by atoms with Crippen LogP contribution in [-0.2, 0) is 14.9 Å². The van der Waals surface area contributed by atoms with Gasteiger partial charge < -0.3 is 15.0 Å². The number of amides is 2. The highest BCUT2D eigenvalue weighted by atomic mass is 16.5. The van der Waals surface area contributed by atoms with Crippen molar-refractivity contribution in [2.24, 2.45) is 17.8 Å². The van der Waals surface area contributed by atoms with Gasteiger partial charge in [-0.3, -0.25) is 4.79 Å². The molecule has 1 aliphatic heterocycles. The number of fused-ring (bicyclic) bond motifs is 1. The van der Waals surface area contributed by atoms with Crippen LogP contribution in [0.1, 0.15) is 57.6 Å². The molecule has 5 nitrogen and oxygen atoms in total. The molecule has 5 heteroatoms. The lowest BCUT2D eigenvalue weighted by Gasteiger charge is -2.26. The molecular formula is C23H34N2O3. The van der Waals surface area contributed by atoms with E-state index in [0.717, 1.165) is 25.9 Å². The predicted octanol–water partition coefficient (Wildman–Crippen LogP) is 3.93. The van der Waals surface area contributed by atoms with Gasteiger partial charge in [0.2, 0.25) is 5.91 Å². The maximum atomic E-state index is 13.0. The van der Waals surface area contributed by atoms with Gasteiger partial charge in [0, 0.05) is 19.6 Å². The normalized spacial score (nSPS) is 24.5. The average molecular weight is 387 g/mol. The van der Waals surface area contributed by atoms with Crippen molar-refractivity contribution in [3.8, 4) is 0 Å². The summed E-state index contributed by atoms with van der Waals surface area (Å²) in [5.41, 5.74) is 2.95. The Kier molecular flexibility index (Phi) is 6.01. The summed E-state index contributed by atoms with van der Waals surface area (Å²) in [4.78, 5) is 26.3. The summed E-state index contributed by atoms with van der Waals surface area (Å²) in [7, 11) is 1.34. The number of likely N-dealkylation sites (tertiary alicyclic amines) is 1.